The van der Waals surface area contributed by atoms with Crippen molar-refractivity contribution in [2.24, 2.45) is 0 Å². The van der Waals surface area contributed by atoms with Crippen LogP contribution in [0.1, 0.15) is 23.0 Å². The van der Waals surface area contributed by atoms with Crippen LogP contribution in [0, 0.1) is 0 Å². The predicted molar refractivity (Wildman–Crippen MR) is 105 cm³/mol. The quantitative estimate of drug-likeness (QED) is 0.464. The molecule has 0 saturated carbocycles. The molecule has 9 heteroatoms. The van der Waals surface area contributed by atoms with Gasteiger partial charge in [-0.1, -0.05) is 0 Å². The van der Waals surface area contributed by atoms with Crippen molar-refractivity contribution >= 4 is 39.9 Å². The Labute approximate surface area is 165 Å². The number of esters is 1. The number of nitrogens with zero attached hydrogens (tertiary/aromatic N) is 3. The molecule has 0 saturated heterocycles. The molecule has 1 aromatic carbocycles. The van der Waals surface area contributed by atoms with Crippen LogP contribution in [0.3, 0.4) is 0 Å². The van der Waals surface area contributed by atoms with Crippen molar-refractivity contribution in [1.29, 1.82) is 0 Å². The molecule has 140 valence electrons. The van der Waals surface area contributed by atoms with E-state index in [1.165, 1.54) is 17.5 Å². The first-order valence-electron chi connectivity index (χ1n) is 8.10. The lowest BCUT2D eigenvalue weighted by molar-refractivity contribution is 0.0526. The number of rotatable bonds is 7. The molecule has 0 radical (unpaired) electrons. The van der Waals surface area contributed by atoms with Gasteiger partial charge in [-0.05, 0) is 31.2 Å². The summed E-state index contributed by atoms with van der Waals surface area (Å²) in [7, 11) is 1.60. The van der Waals surface area contributed by atoms with Crippen LogP contribution in [0.25, 0.3) is 11.4 Å². The van der Waals surface area contributed by atoms with E-state index in [9.17, 15) is 4.79 Å². The second-order valence-electron chi connectivity index (χ2n) is 5.31. The Bertz CT molecular complexity index is 931. The molecule has 7 nitrogen and oxygen atoms in total. The molecule has 2 aromatic heterocycles. The number of thiazole rings is 1. The van der Waals surface area contributed by atoms with Crippen LogP contribution in [-0.4, -0.2) is 34.6 Å². The summed E-state index contributed by atoms with van der Waals surface area (Å²) in [4.78, 5) is 25.4. The first-order valence-corrected chi connectivity index (χ1v) is 9.52. The maximum atomic E-state index is 12.3. The summed E-state index contributed by atoms with van der Waals surface area (Å²) in [6.07, 6.45) is 1.45. The summed E-state index contributed by atoms with van der Waals surface area (Å²) < 4.78 is 10.3. The van der Waals surface area contributed by atoms with E-state index in [4.69, 9.17) is 21.1 Å². The van der Waals surface area contributed by atoms with Gasteiger partial charge in [0, 0.05) is 17.1 Å². The van der Waals surface area contributed by atoms with Gasteiger partial charge >= 0.3 is 5.97 Å². The summed E-state index contributed by atoms with van der Waals surface area (Å²) in [5.74, 6) is 1.32. The van der Waals surface area contributed by atoms with Crippen LogP contribution in [0.5, 0.6) is 5.75 Å². The largest absolute Gasteiger partial charge is 0.497 e. The Hall–Kier alpha value is -2.71. The fraction of sp³-hybridized carbons (Fsp3) is 0.222. The summed E-state index contributed by atoms with van der Waals surface area (Å²) >= 11 is 7.18. The average Bonchev–Trinajstić information content (AvgIpc) is 3.16. The monoisotopic (exact) mass is 404 g/mol. The zero-order valence-corrected chi connectivity index (χ0v) is 16.3. The van der Waals surface area contributed by atoms with E-state index >= 15 is 0 Å². The molecule has 3 rings (SSSR count). The molecule has 2 heterocycles. The van der Waals surface area contributed by atoms with Gasteiger partial charge < -0.3 is 14.8 Å². The molecular weight excluding hydrogens is 388 g/mol. The predicted octanol–water partition coefficient (Wildman–Crippen LogP) is 4.27. The third-order valence-corrected chi connectivity index (χ3v) is 4.63. The number of hydrogen-bond donors (Lipinski definition) is 1. The Balaban J connectivity index is 1.98. The van der Waals surface area contributed by atoms with Crippen LogP contribution in [0.4, 0.5) is 10.9 Å². The van der Waals surface area contributed by atoms with Crippen molar-refractivity contribution in [2.75, 3.05) is 19.0 Å². The van der Waals surface area contributed by atoms with Gasteiger partial charge in [-0.3, -0.25) is 0 Å². The van der Waals surface area contributed by atoms with E-state index < -0.39 is 5.97 Å². The van der Waals surface area contributed by atoms with Crippen LogP contribution in [-0.2, 0) is 10.6 Å². The van der Waals surface area contributed by atoms with E-state index in [0.717, 1.165) is 17.0 Å². The van der Waals surface area contributed by atoms with Gasteiger partial charge in [0.1, 0.15) is 11.3 Å². The van der Waals surface area contributed by atoms with Gasteiger partial charge in [0.05, 0.1) is 25.3 Å². The molecule has 0 fully saturated rings. The molecule has 0 aliphatic carbocycles. The molecule has 27 heavy (non-hydrogen) atoms. The summed E-state index contributed by atoms with van der Waals surface area (Å²) in [6.45, 7) is 2.00. The molecule has 3 aromatic rings. The molecule has 0 aliphatic heterocycles. The molecule has 1 N–H and O–H groups in total. The number of ether oxygens (including phenoxy) is 2. The highest BCUT2D eigenvalue weighted by molar-refractivity contribution is 7.13. The lowest BCUT2D eigenvalue weighted by Gasteiger charge is -2.10. The number of aromatic nitrogens is 3. The van der Waals surface area contributed by atoms with Crippen molar-refractivity contribution in [3.8, 4) is 17.1 Å². The molecule has 0 aliphatic rings. The van der Waals surface area contributed by atoms with Crippen molar-refractivity contribution in [1.82, 2.24) is 15.0 Å². The Morgan fingerprint density at radius 1 is 1.26 bits per heavy atom. The molecule has 0 atom stereocenters. The van der Waals surface area contributed by atoms with Gasteiger partial charge in [0.2, 0.25) is 0 Å². The molecule has 0 amide bonds. The van der Waals surface area contributed by atoms with E-state index in [2.05, 4.69) is 20.3 Å². The van der Waals surface area contributed by atoms with Gasteiger partial charge in [-0.15, -0.1) is 22.9 Å². The maximum absolute atomic E-state index is 12.3. The van der Waals surface area contributed by atoms with Crippen molar-refractivity contribution in [3.63, 3.8) is 0 Å². The second kappa shape index (κ2) is 8.79. The van der Waals surface area contributed by atoms with Gasteiger partial charge in [-0.2, -0.15) is 0 Å². The van der Waals surface area contributed by atoms with Crippen LogP contribution in [0.2, 0.25) is 0 Å². The van der Waals surface area contributed by atoms with E-state index in [1.807, 2.05) is 29.6 Å². The van der Waals surface area contributed by atoms with Gasteiger partial charge in [0.25, 0.3) is 0 Å². The fourth-order valence-electron chi connectivity index (χ4n) is 2.24. The average molecular weight is 405 g/mol. The normalized spacial score (nSPS) is 10.5. The minimum Gasteiger partial charge on any atom is -0.497 e. The van der Waals surface area contributed by atoms with Crippen molar-refractivity contribution < 1.29 is 14.3 Å². The third-order valence-electron chi connectivity index (χ3n) is 3.55. The number of methoxy groups -OCH3 is 1. The topological polar surface area (TPSA) is 86.2 Å². The summed E-state index contributed by atoms with van der Waals surface area (Å²) in [5.41, 5.74) is 1.76. The molecule has 0 bridgehead atoms. The molecule has 0 spiro atoms. The smallest absolute Gasteiger partial charge is 0.343 e. The maximum Gasteiger partial charge on any atom is 0.343 e. The number of carbonyl (C=O) groups excluding carboxylic acids is 1. The van der Waals surface area contributed by atoms with Crippen molar-refractivity contribution in [2.45, 2.75) is 12.8 Å². The number of anilines is 2. The zero-order valence-electron chi connectivity index (χ0n) is 14.7. The number of carbonyl (C=O) groups is 1. The standard InChI is InChI=1S/C18H17ClN4O3S/c1-3-26-17(24)14-9-20-15(11-4-6-13(25-2)7-5-11)22-16(14)23-18-21-12(8-19)10-27-18/h4-7,9-10H,3,8H2,1-2H3,(H,20,21,22,23). The van der Waals surface area contributed by atoms with Gasteiger partial charge in [-0.25, -0.2) is 19.7 Å². The summed E-state index contributed by atoms with van der Waals surface area (Å²) in [5, 5.41) is 5.49. The highest BCUT2D eigenvalue weighted by Gasteiger charge is 2.18. The molecule has 0 unspecified atom stereocenters. The summed E-state index contributed by atoms with van der Waals surface area (Å²) in [6, 6.07) is 7.32. The highest BCUT2D eigenvalue weighted by Crippen LogP contribution is 2.26. The number of nitrogens with one attached hydrogen (secondary N) is 1. The Morgan fingerprint density at radius 3 is 2.67 bits per heavy atom. The lowest BCUT2D eigenvalue weighted by atomic mass is 10.2. The zero-order chi connectivity index (χ0) is 19.2. The number of hydrogen-bond acceptors (Lipinski definition) is 8. The van der Waals surface area contributed by atoms with Crippen LogP contribution in [0.15, 0.2) is 35.8 Å². The van der Waals surface area contributed by atoms with Crippen LogP contribution >= 0.6 is 22.9 Å². The van der Waals surface area contributed by atoms with E-state index in [-0.39, 0.29) is 12.2 Å². The fourth-order valence-corrected chi connectivity index (χ4v) is 3.18. The van der Waals surface area contributed by atoms with E-state index in [1.54, 1.807) is 14.0 Å². The van der Waals surface area contributed by atoms with Gasteiger partial charge in [0.15, 0.2) is 16.8 Å². The first kappa shape index (κ1) is 19.1. The Kier molecular flexibility index (Phi) is 6.20. The number of halogens is 1. The van der Waals surface area contributed by atoms with E-state index in [0.29, 0.717) is 22.7 Å². The lowest BCUT2D eigenvalue weighted by Crippen LogP contribution is -2.11. The second-order valence-corrected chi connectivity index (χ2v) is 6.43. The first-order chi connectivity index (χ1) is 13.1. The highest BCUT2D eigenvalue weighted by atomic mass is 35.5. The SMILES string of the molecule is CCOC(=O)c1cnc(-c2ccc(OC)cc2)nc1Nc1nc(CCl)cs1. The van der Waals surface area contributed by atoms with Crippen molar-refractivity contribution in [3.05, 3.63) is 47.1 Å². The number of benzene rings is 1. The minimum absolute atomic E-state index is 0.233. The Morgan fingerprint density at radius 2 is 2.04 bits per heavy atom. The van der Waals surface area contributed by atoms with Crippen LogP contribution < -0.4 is 10.1 Å². The minimum atomic E-state index is -0.504. The third kappa shape index (κ3) is 4.53. The molecular formula is C18H17ClN4O3S. The number of alkyl halides is 1.